The summed E-state index contributed by atoms with van der Waals surface area (Å²) in [4.78, 5) is 0.118. The first-order valence-electron chi connectivity index (χ1n) is 12.5. The van der Waals surface area contributed by atoms with Crippen LogP contribution < -0.4 is 0 Å². The Balaban J connectivity index is 1.98. The Kier molecular flexibility index (Phi) is 7.07. The third kappa shape index (κ3) is 4.17. The molecule has 0 atom stereocenters. The van der Waals surface area contributed by atoms with Crippen molar-refractivity contribution in [1.82, 2.24) is 0 Å². The zero-order valence-corrected chi connectivity index (χ0v) is 22.7. The molecule has 0 saturated heterocycles. The van der Waals surface area contributed by atoms with Crippen molar-refractivity contribution in [3.05, 3.63) is 69.4 Å². The topological polar surface area (TPSA) is 0 Å². The average molecular weight is 573 g/mol. The van der Waals surface area contributed by atoms with Crippen LogP contribution >= 0.6 is 22.7 Å². The SMILES string of the molecule is CCCC#Cc1sc2ccccc2c1C1=C(c2c(C#CCCC)sc3ccccc23)C(F)(F)C(F)(F)C1(F)F. The monoisotopic (exact) mass is 572 g/mol. The molecule has 0 N–H and O–H groups in total. The van der Waals surface area contributed by atoms with Gasteiger partial charge in [0.1, 0.15) is 0 Å². The molecule has 2 aromatic heterocycles. The van der Waals surface area contributed by atoms with Gasteiger partial charge >= 0.3 is 17.8 Å². The number of unbranched alkanes of at least 4 members (excludes halogenated alkanes) is 2. The molecule has 0 saturated carbocycles. The van der Waals surface area contributed by atoms with Crippen molar-refractivity contribution in [3.63, 3.8) is 0 Å². The van der Waals surface area contributed by atoms with Crippen molar-refractivity contribution >= 4 is 54.0 Å². The van der Waals surface area contributed by atoms with Crippen LogP contribution in [0.4, 0.5) is 26.3 Å². The van der Waals surface area contributed by atoms with Crippen molar-refractivity contribution in [2.24, 2.45) is 0 Å². The van der Waals surface area contributed by atoms with E-state index < -0.39 is 28.9 Å². The van der Waals surface area contributed by atoms with Gasteiger partial charge in [-0.25, -0.2) is 0 Å². The summed E-state index contributed by atoms with van der Waals surface area (Å²) in [5.41, 5.74) is -3.48. The summed E-state index contributed by atoms with van der Waals surface area (Å²) in [5, 5.41) is 0.365. The van der Waals surface area contributed by atoms with Crippen LogP contribution in [0.5, 0.6) is 0 Å². The number of thiophene rings is 2. The van der Waals surface area contributed by atoms with Gasteiger partial charge in [-0.1, -0.05) is 73.9 Å². The van der Waals surface area contributed by atoms with E-state index in [2.05, 4.69) is 23.7 Å². The van der Waals surface area contributed by atoms with E-state index in [0.29, 0.717) is 35.1 Å². The van der Waals surface area contributed by atoms with E-state index in [0.717, 1.165) is 22.7 Å². The third-order valence-electron chi connectivity index (χ3n) is 6.51. The minimum Gasteiger partial charge on any atom is -0.194 e. The molecule has 4 aromatic rings. The molecule has 8 heteroatoms. The van der Waals surface area contributed by atoms with Gasteiger partial charge in [0, 0.05) is 55.3 Å². The summed E-state index contributed by atoms with van der Waals surface area (Å²) in [5.74, 6) is -4.64. The van der Waals surface area contributed by atoms with Crippen molar-refractivity contribution in [3.8, 4) is 23.7 Å². The van der Waals surface area contributed by atoms with Crippen LogP contribution in [0.2, 0.25) is 0 Å². The second-order valence-electron chi connectivity index (χ2n) is 9.18. The molecule has 200 valence electrons. The van der Waals surface area contributed by atoms with Gasteiger partial charge < -0.3 is 0 Å². The van der Waals surface area contributed by atoms with Gasteiger partial charge in [0.05, 0.1) is 9.75 Å². The number of hydrogen-bond donors (Lipinski definition) is 0. The maximum absolute atomic E-state index is 15.9. The summed E-state index contributed by atoms with van der Waals surface area (Å²) in [6.45, 7) is 3.77. The summed E-state index contributed by atoms with van der Waals surface area (Å²) < 4.78 is 94.9. The van der Waals surface area contributed by atoms with Crippen LogP contribution in [0.3, 0.4) is 0 Å². The lowest BCUT2D eigenvalue weighted by molar-refractivity contribution is -0.254. The van der Waals surface area contributed by atoms with E-state index in [9.17, 15) is 0 Å². The fraction of sp³-hybridized carbons (Fsp3) is 0.290. The van der Waals surface area contributed by atoms with Crippen LogP contribution in [0, 0.1) is 23.7 Å². The van der Waals surface area contributed by atoms with Gasteiger partial charge in [0.15, 0.2) is 0 Å². The zero-order valence-electron chi connectivity index (χ0n) is 21.0. The molecule has 39 heavy (non-hydrogen) atoms. The third-order valence-corrected chi connectivity index (χ3v) is 8.68. The second-order valence-corrected chi connectivity index (χ2v) is 11.3. The van der Waals surface area contributed by atoms with Gasteiger partial charge in [-0.3, -0.25) is 0 Å². The van der Waals surface area contributed by atoms with E-state index in [4.69, 9.17) is 0 Å². The number of hydrogen-bond acceptors (Lipinski definition) is 2. The fourth-order valence-corrected chi connectivity index (χ4v) is 6.86. The quantitative estimate of drug-likeness (QED) is 0.169. The first kappa shape index (κ1) is 27.4. The normalized spacial score (nSPS) is 17.2. The number of allylic oxidation sites excluding steroid dienone is 2. The number of halogens is 6. The molecule has 0 unspecified atom stereocenters. The Morgan fingerprint density at radius 3 is 1.38 bits per heavy atom. The Bertz CT molecular complexity index is 1600. The average Bonchev–Trinajstić information content (AvgIpc) is 3.47. The predicted molar refractivity (Wildman–Crippen MR) is 149 cm³/mol. The molecule has 2 heterocycles. The minimum atomic E-state index is -5.67. The highest BCUT2D eigenvalue weighted by molar-refractivity contribution is 7.20. The summed E-state index contributed by atoms with van der Waals surface area (Å²) in [7, 11) is 0. The molecule has 0 bridgehead atoms. The summed E-state index contributed by atoms with van der Waals surface area (Å²) in [6.07, 6.45) is 2.26. The minimum absolute atomic E-state index is 0.0588. The lowest BCUT2D eigenvalue weighted by Gasteiger charge is -2.25. The number of fused-ring (bicyclic) bond motifs is 2. The number of alkyl halides is 6. The van der Waals surface area contributed by atoms with Gasteiger partial charge in [-0.05, 0) is 25.0 Å². The van der Waals surface area contributed by atoms with Crippen LogP contribution in [0.15, 0.2) is 48.5 Å². The van der Waals surface area contributed by atoms with Gasteiger partial charge in [-0.15, -0.1) is 22.7 Å². The van der Waals surface area contributed by atoms with Crippen molar-refractivity contribution < 1.29 is 26.3 Å². The standard InChI is InChI=1S/C31H22F6S2/c1-3-5-7-17-23-25(19-13-9-11-15-21(19)38-23)27-28(30(34,35)31(36,37)29(27,32)33)26-20-14-10-12-16-22(20)39-24(26)18-8-6-4-2/h9-16H,3-6H2,1-2H3. The lowest BCUT2D eigenvalue weighted by atomic mass is 9.91. The highest BCUT2D eigenvalue weighted by atomic mass is 32.1. The second kappa shape index (κ2) is 10.1. The van der Waals surface area contributed by atoms with E-state index in [-0.39, 0.29) is 31.7 Å². The molecule has 0 fully saturated rings. The first-order valence-corrected chi connectivity index (χ1v) is 14.1. The Labute approximate surface area is 230 Å². The Morgan fingerprint density at radius 1 is 0.615 bits per heavy atom. The molecule has 1 aliphatic carbocycles. The largest absolute Gasteiger partial charge is 0.380 e. The van der Waals surface area contributed by atoms with Crippen LogP contribution in [-0.2, 0) is 0 Å². The van der Waals surface area contributed by atoms with E-state index >= 15 is 26.3 Å². The fourth-order valence-electron chi connectivity index (χ4n) is 4.69. The van der Waals surface area contributed by atoms with Crippen LogP contribution in [0.1, 0.15) is 60.4 Å². The molecule has 0 radical (unpaired) electrons. The molecular weight excluding hydrogens is 550 g/mol. The van der Waals surface area contributed by atoms with Gasteiger partial charge in [0.2, 0.25) is 0 Å². The van der Waals surface area contributed by atoms with E-state index in [1.54, 1.807) is 36.4 Å². The molecule has 0 nitrogen and oxygen atoms in total. The maximum atomic E-state index is 15.9. The van der Waals surface area contributed by atoms with Gasteiger partial charge in [-0.2, -0.15) is 26.3 Å². The first-order chi connectivity index (χ1) is 18.6. The highest BCUT2D eigenvalue weighted by Gasteiger charge is 2.80. The van der Waals surface area contributed by atoms with Crippen molar-refractivity contribution in [1.29, 1.82) is 0 Å². The number of rotatable bonds is 4. The van der Waals surface area contributed by atoms with E-state index in [1.165, 1.54) is 12.1 Å². The molecule has 2 aromatic carbocycles. The van der Waals surface area contributed by atoms with Crippen molar-refractivity contribution in [2.75, 3.05) is 0 Å². The molecule has 0 aliphatic heterocycles. The van der Waals surface area contributed by atoms with Gasteiger partial charge in [0.25, 0.3) is 0 Å². The Hall–Kier alpha value is -3.20. The van der Waals surface area contributed by atoms with Crippen LogP contribution in [-0.4, -0.2) is 17.8 Å². The molecular formula is C31H22F6S2. The zero-order chi connectivity index (χ0) is 28.0. The molecule has 0 amide bonds. The van der Waals surface area contributed by atoms with E-state index in [1.807, 2.05) is 13.8 Å². The maximum Gasteiger partial charge on any atom is 0.380 e. The molecule has 0 spiro atoms. The summed E-state index contributed by atoms with van der Waals surface area (Å²) in [6, 6.07) is 12.7. The molecule has 1 aliphatic rings. The Morgan fingerprint density at radius 2 is 1.00 bits per heavy atom. The van der Waals surface area contributed by atoms with Crippen LogP contribution in [0.25, 0.3) is 31.3 Å². The highest BCUT2D eigenvalue weighted by Crippen LogP contribution is 2.67. The summed E-state index contributed by atoms with van der Waals surface area (Å²) >= 11 is 2.06. The number of benzene rings is 2. The lowest BCUT2D eigenvalue weighted by Crippen LogP contribution is -2.49. The van der Waals surface area contributed by atoms with Crippen molar-refractivity contribution in [2.45, 2.75) is 57.3 Å². The smallest absolute Gasteiger partial charge is 0.194 e. The molecule has 5 rings (SSSR count). The predicted octanol–water partition coefficient (Wildman–Crippen LogP) is 10.2.